The number of carbonyl (C=O) groups excluding carboxylic acids is 1. The van der Waals surface area contributed by atoms with Crippen molar-refractivity contribution >= 4 is 11.9 Å². The van der Waals surface area contributed by atoms with E-state index >= 15 is 0 Å². The summed E-state index contributed by atoms with van der Waals surface area (Å²) in [6.45, 7) is 0.669. The summed E-state index contributed by atoms with van der Waals surface area (Å²) in [5, 5.41) is 19.2. The molecule has 2 atom stereocenters. The first-order valence-electron chi connectivity index (χ1n) is 11.2. The Hall–Kier alpha value is -3.12. The summed E-state index contributed by atoms with van der Waals surface area (Å²) in [5.41, 5.74) is 0.760. The molecule has 6 heteroatoms. The fourth-order valence-corrected chi connectivity index (χ4v) is 3.86. The van der Waals surface area contributed by atoms with Crippen molar-refractivity contribution in [3.05, 3.63) is 72.3 Å². The highest BCUT2D eigenvalue weighted by Gasteiger charge is 2.28. The lowest BCUT2D eigenvalue weighted by atomic mass is 10.1. The third-order valence-corrected chi connectivity index (χ3v) is 5.63. The second kappa shape index (κ2) is 12.1. The molecule has 2 aromatic carbocycles. The van der Waals surface area contributed by atoms with E-state index in [1.165, 1.54) is 0 Å². The van der Waals surface area contributed by atoms with E-state index in [1.54, 1.807) is 6.08 Å². The van der Waals surface area contributed by atoms with Gasteiger partial charge in [-0.25, -0.2) is 0 Å². The maximum absolute atomic E-state index is 12.2. The molecule has 1 amide bonds. The van der Waals surface area contributed by atoms with Gasteiger partial charge in [0, 0.05) is 19.4 Å². The standard InChI is InChI=1S/C26H31NO5/c28-24(20-11-15-23(16-12-20)32-22-8-4-3-5-9-22)17-13-21-14-18-25(29)27(21)19-7-2-1-6-10-26(30)31/h3-5,8-9,11-13,15-17,21,24,28H,1-2,6-7,10,14,18-19H2,(H,30,31)/b17-13+/t21?,24-/m1/s1. The minimum absolute atomic E-state index is 0.00291. The Balaban J connectivity index is 1.48. The minimum atomic E-state index is -0.762. The summed E-state index contributed by atoms with van der Waals surface area (Å²) in [7, 11) is 0. The summed E-state index contributed by atoms with van der Waals surface area (Å²) < 4.78 is 5.78. The number of benzene rings is 2. The summed E-state index contributed by atoms with van der Waals surface area (Å²) in [6, 6.07) is 16.8. The molecule has 0 spiro atoms. The SMILES string of the molecule is O=C(O)CCCCCCN1C(=O)CCC1/C=C/[C@@H](O)c1ccc(Oc2ccccc2)cc1. The number of hydrogen-bond acceptors (Lipinski definition) is 4. The number of nitrogens with zero attached hydrogens (tertiary/aromatic N) is 1. The molecule has 0 bridgehead atoms. The zero-order valence-corrected chi connectivity index (χ0v) is 18.2. The van der Waals surface area contributed by atoms with Crippen LogP contribution in [0.1, 0.15) is 56.6 Å². The minimum Gasteiger partial charge on any atom is -0.481 e. The fraction of sp³-hybridized carbons (Fsp3) is 0.385. The molecule has 6 nitrogen and oxygen atoms in total. The average Bonchev–Trinajstić information content (AvgIpc) is 3.15. The number of rotatable bonds is 12. The summed E-state index contributed by atoms with van der Waals surface area (Å²) in [5.74, 6) is 0.838. The van der Waals surface area contributed by atoms with Crippen molar-refractivity contribution in [2.45, 2.75) is 57.1 Å². The molecule has 1 aliphatic heterocycles. The number of aliphatic hydroxyl groups is 1. The Morgan fingerprint density at radius 3 is 2.44 bits per heavy atom. The maximum Gasteiger partial charge on any atom is 0.303 e. The van der Waals surface area contributed by atoms with Crippen molar-refractivity contribution in [1.29, 1.82) is 0 Å². The first-order valence-corrected chi connectivity index (χ1v) is 11.2. The molecule has 0 aliphatic carbocycles. The quantitative estimate of drug-likeness (QED) is 0.357. The van der Waals surface area contributed by atoms with Gasteiger partial charge in [-0.1, -0.05) is 55.3 Å². The van der Waals surface area contributed by atoms with Gasteiger partial charge in [-0.15, -0.1) is 0 Å². The lowest BCUT2D eigenvalue weighted by molar-refractivity contribution is -0.137. The molecular formula is C26H31NO5. The molecule has 1 saturated heterocycles. The number of amides is 1. The van der Waals surface area contributed by atoms with Gasteiger partial charge in [0.25, 0.3) is 0 Å². The fourth-order valence-electron chi connectivity index (χ4n) is 3.86. The molecule has 32 heavy (non-hydrogen) atoms. The predicted molar refractivity (Wildman–Crippen MR) is 123 cm³/mol. The van der Waals surface area contributed by atoms with Crippen LogP contribution in [-0.4, -0.2) is 39.6 Å². The van der Waals surface area contributed by atoms with Gasteiger partial charge >= 0.3 is 5.97 Å². The number of likely N-dealkylation sites (tertiary alicyclic amines) is 1. The van der Waals surface area contributed by atoms with Crippen molar-refractivity contribution in [3.63, 3.8) is 0 Å². The second-order valence-corrected chi connectivity index (χ2v) is 8.06. The average molecular weight is 438 g/mol. The van der Waals surface area contributed by atoms with E-state index in [4.69, 9.17) is 9.84 Å². The van der Waals surface area contributed by atoms with E-state index in [1.807, 2.05) is 65.6 Å². The Morgan fingerprint density at radius 1 is 1.03 bits per heavy atom. The Bertz CT molecular complexity index is 894. The molecule has 0 radical (unpaired) electrons. The molecule has 1 fully saturated rings. The predicted octanol–water partition coefficient (Wildman–Crippen LogP) is 5.09. The number of carbonyl (C=O) groups is 2. The molecule has 1 unspecified atom stereocenters. The van der Waals surface area contributed by atoms with Crippen LogP contribution in [0.5, 0.6) is 11.5 Å². The van der Waals surface area contributed by atoms with E-state index in [0.29, 0.717) is 25.1 Å². The Labute approximate surface area is 189 Å². The molecule has 0 aromatic heterocycles. The Morgan fingerprint density at radius 2 is 1.72 bits per heavy atom. The highest BCUT2D eigenvalue weighted by molar-refractivity contribution is 5.79. The van der Waals surface area contributed by atoms with Crippen molar-refractivity contribution in [2.75, 3.05) is 6.54 Å². The molecule has 2 N–H and O–H groups in total. The number of carboxylic acids is 1. The molecule has 1 heterocycles. The number of aliphatic carboxylic acids is 1. The maximum atomic E-state index is 12.2. The number of hydrogen-bond donors (Lipinski definition) is 2. The monoisotopic (exact) mass is 437 g/mol. The van der Waals surface area contributed by atoms with Crippen LogP contribution in [0.15, 0.2) is 66.7 Å². The number of carboxylic acid groups (broad SMARTS) is 1. The van der Waals surface area contributed by atoms with Gasteiger partial charge in [-0.05, 0) is 49.1 Å². The lowest BCUT2D eigenvalue weighted by Gasteiger charge is -2.22. The van der Waals surface area contributed by atoms with E-state index in [2.05, 4.69) is 0 Å². The van der Waals surface area contributed by atoms with Crippen LogP contribution in [0.2, 0.25) is 0 Å². The van der Waals surface area contributed by atoms with Gasteiger partial charge in [0.15, 0.2) is 0 Å². The van der Waals surface area contributed by atoms with Crippen molar-refractivity contribution < 1.29 is 24.5 Å². The van der Waals surface area contributed by atoms with Crippen LogP contribution in [-0.2, 0) is 9.59 Å². The third-order valence-electron chi connectivity index (χ3n) is 5.63. The normalized spacial score (nSPS) is 17.1. The summed E-state index contributed by atoms with van der Waals surface area (Å²) in [4.78, 5) is 24.7. The van der Waals surface area contributed by atoms with Gasteiger partial charge in [-0.2, -0.15) is 0 Å². The number of para-hydroxylation sites is 1. The zero-order chi connectivity index (χ0) is 22.8. The van der Waals surface area contributed by atoms with Gasteiger partial charge in [0.05, 0.1) is 12.1 Å². The molecular weight excluding hydrogens is 406 g/mol. The van der Waals surface area contributed by atoms with Crippen LogP contribution < -0.4 is 4.74 Å². The zero-order valence-electron chi connectivity index (χ0n) is 18.2. The Kier molecular flexibility index (Phi) is 8.87. The first kappa shape index (κ1) is 23.5. The smallest absolute Gasteiger partial charge is 0.303 e. The van der Waals surface area contributed by atoms with E-state index < -0.39 is 12.1 Å². The highest BCUT2D eigenvalue weighted by Crippen LogP contribution is 2.25. The molecule has 3 rings (SSSR count). The van der Waals surface area contributed by atoms with Gasteiger partial charge in [-0.3, -0.25) is 9.59 Å². The molecule has 2 aromatic rings. The van der Waals surface area contributed by atoms with E-state index in [-0.39, 0.29) is 18.4 Å². The molecule has 170 valence electrons. The van der Waals surface area contributed by atoms with Crippen LogP contribution in [0, 0.1) is 0 Å². The van der Waals surface area contributed by atoms with Gasteiger partial charge in [0.1, 0.15) is 11.5 Å². The van der Waals surface area contributed by atoms with Crippen molar-refractivity contribution in [2.24, 2.45) is 0 Å². The number of aliphatic hydroxyl groups excluding tert-OH is 1. The van der Waals surface area contributed by atoms with Crippen molar-refractivity contribution in [1.82, 2.24) is 4.90 Å². The van der Waals surface area contributed by atoms with E-state index in [9.17, 15) is 14.7 Å². The second-order valence-electron chi connectivity index (χ2n) is 8.06. The van der Waals surface area contributed by atoms with Crippen LogP contribution >= 0.6 is 0 Å². The van der Waals surface area contributed by atoms with Crippen LogP contribution in [0.3, 0.4) is 0 Å². The number of unbranched alkanes of at least 4 members (excludes halogenated alkanes) is 3. The topological polar surface area (TPSA) is 87.1 Å². The molecule has 1 aliphatic rings. The highest BCUT2D eigenvalue weighted by atomic mass is 16.5. The summed E-state index contributed by atoms with van der Waals surface area (Å²) in [6.07, 6.45) is 7.70. The molecule has 0 saturated carbocycles. The van der Waals surface area contributed by atoms with E-state index in [0.717, 1.165) is 37.0 Å². The largest absolute Gasteiger partial charge is 0.481 e. The lowest BCUT2D eigenvalue weighted by Crippen LogP contribution is -2.32. The van der Waals surface area contributed by atoms with Crippen molar-refractivity contribution in [3.8, 4) is 11.5 Å². The summed E-state index contributed by atoms with van der Waals surface area (Å²) >= 11 is 0. The number of ether oxygens (including phenoxy) is 1. The first-order chi connectivity index (χ1) is 15.5. The van der Waals surface area contributed by atoms with Gasteiger partial charge in [0.2, 0.25) is 5.91 Å². The van der Waals surface area contributed by atoms with Crippen LogP contribution in [0.25, 0.3) is 0 Å². The van der Waals surface area contributed by atoms with Gasteiger partial charge < -0.3 is 19.8 Å². The van der Waals surface area contributed by atoms with Crippen LogP contribution in [0.4, 0.5) is 0 Å². The third kappa shape index (κ3) is 7.24.